The third-order valence-electron chi connectivity index (χ3n) is 3.55. The Morgan fingerprint density at radius 3 is 2.83 bits per heavy atom. The number of carbonyl (C=O) groups excluding carboxylic acids is 1. The van der Waals surface area contributed by atoms with Gasteiger partial charge in [-0.2, -0.15) is 0 Å². The van der Waals surface area contributed by atoms with Crippen LogP contribution in [0.5, 0.6) is 0 Å². The molecule has 2 heterocycles. The molecule has 0 radical (unpaired) electrons. The molecule has 0 fully saturated rings. The second-order valence-electron chi connectivity index (χ2n) is 5.29. The maximum atomic E-state index is 12.6. The summed E-state index contributed by atoms with van der Waals surface area (Å²) in [5.74, 6) is -0.0891. The van der Waals surface area contributed by atoms with Gasteiger partial charge in [0.2, 0.25) is 5.43 Å². The van der Waals surface area contributed by atoms with Gasteiger partial charge in [-0.25, -0.2) is 4.98 Å². The van der Waals surface area contributed by atoms with E-state index in [0.29, 0.717) is 21.7 Å². The average molecular weight is 328 g/mol. The lowest BCUT2D eigenvalue weighted by Crippen LogP contribution is -2.23. The number of hydrogen-bond donors (Lipinski definition) is 1. The number of carbonyl (C=O) groups is 1. The summed E-state index contributed by atoms with van der Waals surface area (Å²) in [6, 6.07) is 8.62. The highest BCUT2D eigenvalue weighted by Gasteiger charge is 2.16. The van der Waals surface area contributed by atoms with E-state index in [9.17, 15) is 9.59 Å². The number of benzene rings is 1. The van der Waals surface area contributed by atoms with Crippen LogP contribution in [-0.2, 0) is 7.05 Å². The second-order valence-corrected chi connectivity index (χ2v) is 5.70. The minimum atomic E-state index is -0.495. The van der Waals surface area contributed by atoms with Gasteiger partial charge in [0.15, 0.2) is 0 Å². The number of nitrogens with one attached hydrogen (secondary N) is 1. The van der Waals surface area contributed by atoms with E-state index >= 15 is 0 Å². The monoisotopic (exact) mass is 327 g/mol. The molecule has 1 aromatic carbocycles. The quantitative estimate of drug-likeness (QED) is 0.786. The first kappa shape index (κ1) is 15.2. The van der Waals surface area contributed by atoms with Crippen molar-refractivity contribution in [3.63, 3.8) is 0 Å². The lowest BCUT2D eigenvalue weighted by Gasteiger charge is -2.10. The van der Waals surface area contributed by atoms with E-state index in [0.717, 1.165) is 5.56 Å². The van der Waals surface area contributed by atoms with Gasteiger partial charge in [-0.1, -0.05) is 17.7 Å². The van der Waals surface area contributed by atoms with Crippen LogP contribution in [0, 0.1) is 6.92 Å². The standard InChI is InChI=1S/C17H14ClN3O2/c1-10-6-7-19-14(8-10)20-17(23)12-9-21(2)15-11(16(12)22)4-3-5-13(15)18/h3-9H,1-2H3,(H,19,20,23). The molecule has 3 rings (SSSR count). The van der Waals surface area contributed by atoms with Crippen LogP contribution in [0.3, 0.4) is 0 Å². The molecule has 0 spiro atoms. The van der Waals surface area contributed by atoms with Gasteiger partial charge < -0.3 is 9.88 Å². The number of aryl methyl sites for hydroxylation is 2. The zero-order valence-electron chi connectivity index (χ0n) is 12.6. The number of fused-ring (bicyclic) bond motifs is 1. The number of amides is 1. The van der Waals surface area contributed by atoms with Crippen molar-refractivity contribution < 1.29 is 4.79 Å². The number of pyridine rings is 2. The van der Waals surface area contributed by atoms with Crippen molar-refractivity contribution in [2.75, 3.05) is 5.32 Å². The van der Waals surface area contributed by atoms with Crippen molar-refractivity contribution in [3.8, 4) is 0 Å². The van der Waals surface area contributed by atoms with Crippen molar-refractivity contribution in [2.45, 2.75) is 6.92 Å². The zero-order chi connectivity index (χ0) is 16.6. The van der Waals surface area contributed by atoms with Gasteiger partial charge >= 0.3 is 0 Å². The number of rotatable bonds is 2. The smallest absolute Gasteiger partial charge is 0.262 e. The number of halogens is 1. The van der Waals surface area contributed by atoms with E-state index in [1.54, 1.807) is 42.1 Å². The summed E-state index contributed by atoms with van der Waals surface area (Å²) in [4.78, 5) is 29.1. The fourth-order valence-electron chi connectivity index (χ4n) is 2.47. The summed E-state index contributed by atoms with van der Waals surface area (Å²) in [6.07, 6.45) is 3.09. The third kappa shape index (κ3) is 2.83. The Balaban J connectivity index is 2.08. The molecule has 5 nitrogen and oxygen atoms in total. The molecule has 2 aromatic heterocycles. The molecule has 23 heavy (non-hydrogen) atoms. The van der Waals surface area contributed by atoms with Gasteiger partial charge in [0.1, 0.15) is 11.4 Å². The first-order valence-electron chi connectivity index (χ1n) is 6.99. The zero-order valence-corrected chi connectivity index (χ0v) is 13.4. The van der Waals surface area contributed by atoms with Gasteiger partial charge in [0, 0.05) is 24.8 Å². The minimum absolute atomic E-state index is 0.0468. The molecule has 0 unspecified atom stereocenters. The molecule has 116 valence electrons. The predicted octanol–water partition coefficient (Wildman–Crippen LogP) is 3.15. The highest BCUT2D eigenvalue weighted by molar-refractivity contribution is 6.35. The van der Waals surface area contributed by atoms with Crippen molar-refractivity contribution in [3.05, 3.63) is 69.1 Å². The van der Waals surface area contributed by atoms with Crippen LogP contribution in [0.25, 0.3) is 10.9 Å². The predicted molar refractivity (Wildman–Crippen MR) is 91.1 cm³/mol. The molecular weight excluding hydrogens is 314 g/mol. The summed E-state index contributed by atoms with van der Waals surface area (Å²) in [5, 5.41) is 3.52. The van der Waals surface area contributed by atoms with E-state index in [4.69, 9.17) is 11.6 Å². The Hall–Kier alpha value is -2.66. The average Bonchev–Trinajstić information content (AvgIpc) is 2.50. The molecule has 6 heteroatoms. The topological polar surface area (TPSA) is 64.0 Å². The fraction of sp³-hybridized carbons (Fsp3) is 0.118. The van der Waals surface area contributed by atoms with Crippen LogP contribution in [-0.4, -0.2) is 15.5 Å². The first-order chi connectivity index (χ1) is 11.0. The lowest BCUT2D eigenvalue weighted by molar-refractivity contribution is 0.102. The van der Waals surface area contributed by atoms with Crippen LogP contribution in [0.15, 0.2) is 47.5 Å². The summed E-state index contributed by atoms with van der Waals surface area (Å²) < 4.78 is 1.68. The number of para-hydroxylation sites is 1. The third-order valence-corrected chi connectivity index (χ3v) is 3.86. The van der Waals surface area contributed by atoms with Gasteiger partial charge in [0.05, 0.1) is 10.5 Å². The van der Waals surface area contributed by atoms with Crippen molar-refractivity contribution in [1.29, 1.82) is 0 Å². The maximum absolute atomic E-state index is 12.6. The Labute approximate surface area is 137 Å². The first-order valence-corrected chi connectivity index (χ1v) is 7.37. The van der Waals surface area contributed by atoms with E-state index in [2.05, 4.69) is 10.3 Å². The molecule has 1 amide bonds. The summed E-state index contributed by atoms with van der Waals surface area (Å²) in [7, 11) is 1.75. The molecule has 3 aromatic rings. The number of hydrogen-bond acceptors (Lipinski definition) is 3. The highest BCUT2D eigenvalue weighted by atomic mass is 35.5. The maximum Gasteiger partial charge on any atom is 0.262 e. The molecule has 0 aliphatic carbocycles. The van der Waals surface area contributed by atoms with Crippen molar-refractivity contribution >= 4 is 34.2 Å². The Morgan fingerprint density at radius 2 is 2.09 bits per heavy atom. The van der Waals surface area contributed by atoms with Crippen LogP contribution in [0.2, 0.25) is 5.02 Å². The van der Waals surface area contributed by atoms with Gasteiger partial charge in [-0.15, -0.1) is 0 Å². The second kappa shape index (κ2) is 5.85. The summed E-state index contributed by atoms with van der Waals surface area (Å²) in [6.45, 7) is 1.90. The van der Waals surface area contributed by atoms with Crippen molar-refractivity contribution in [1.82, 2.24) is 9.55 Å². The Kier molecular flexibility index (Phi) is 3.88. The highest BCUT2D eigenvalue weighted by Crippen LogP contribution is 2.21. The molecule has 0 saturated carbocycles. The van der Waals surface area contributed by atoms with Gasteiger partial charge in [0.25, 0.3) is 5.91 Å². The number of anilines is 1. The normalized spacial score (nSPS) is 10.7. The van der Waals surface area contributed by atoms with Gasteiger partial charge in [-0.3, -0.25) is 9.59 Å². The summed E-state index contributed by atoms with van der Waals surface area (Å²) >= 11 is 6.14. The lowest BCUT2D eigenvalue weighted by atomic mass is 10.1. The molecule has 0 saturated heterocycles. The van der Waals surface area contributed by atoms with Crippen LogP contribution < -0.4 is 10.7 Å². The Bertz CT molecular complexity index is 979. The molecule has 0 aliphatic rings. The van der Waals surface area contributed by atoms with E-state index in [1.807, 2.05) is 13.0 Å². The largest absolute Gasteiger partial charge is 0.348 e. The van der Waals surface area contributed by atoms with E-state index < -0.39 is 5.91 Å². The van der Waals surface area contributed by atoms with E-state index in [-0.39, 0.29) is 11.0 Å². The number of aromatic nitrogens is 2. The van der Waals surface area contributed by atoms with Gasteiger partial charge in [-0.05, 0) is 36.8 Å². The molecule has 0 bridgehead atoms. The number of nitrogens with zero attached hydrogens (tertiary/aromatic N) is 2. The molecule has 0 atom stereocenters. The molecule has 1 N–H and O–H groups in total. The fourth-order valence-corrected chi connectivity index (χ4v) is 2.78. The SMILES string of the molecule is Cc1ccnc(NC(=O)c2cn(C)c3c(Cl)cccc3c2=O)c1. The molecular formula is C17H14ClN3O2. The molecule has 0 aliphatic heterocycles. The van der Waals surface area contributed by atoms with Crippen molar-refractivity contribution in [2.24, 2.45) is 7.05 Å². The summed E-state index contributed by atoms with van der Waals surface area (Å²) in [5.41, 5.74) is 1.26. The van der Waals surface area contributed by atoms with Crippen LogP contribution in [0.1, 0.15) is 15.9 Å². The minimum Gasteiger partial charge on any atom is -0.348 e. The Morgan fingerprint density at radius 1 is 1.30 bits per heavy atom. The van der Waals surface area contributed by atoms with E-state index in [1.165, 1.54) is 6.20 Å². The van der Waals surface area contributed by atoms with Crippen LogP contribution in [0.4, 0.5) is 5.82 Å². The van der Waals surface area contributed by atoms with Crippen LogP contribution >= 0.6 is 11.6 Å².